The molecule has 1 aliphatic rings. The first-order valence-corrected chi connectivity index (χ1v) is 6.48. The van der Waals surface area contributed by atoms with E-state index in [-0.39, 0.29) is 11.9 Å². The van der Waals surface area contributed by atoms with E-state index in [0.29, 0.717) is 17.0 Å². The van der Waals surface area contributed by atoms with Crippen LogP contribution < -0.4 is 10.5 Å². The Morgan fingerprint density at radius 1 is 1.26 bits per heavy atom. The lowest BCUT2D eigenvalue weighted by Gasteiger charge is -2.20. The first-order chi connectivity index (χ1) is 9.15. The second kappa shape index (κ2) is 4.83. The molecule has 0 saturated heterocycles. The van der Waals surface area contributed by atoms with Crippen LogP contribution in [0, 0.1) is 5.82 Å². The molecular formula is C15H13ClFNO. The lowest BCUT2D eigenvalue weighted by Crippen LogP contribution is -2.30. The Kier molecular flexibility index (Phi) is 3.17. The second-order valence-electron chi connectivity index (χ2n) is 4.66. The van der Waals surface area contributed by atoms with Crippen molar-refractivity contribution in [3.05, 3.63) is 64.4 Å². The van der Waals surface area contributed by atoms with Crippen LogP contribution in [-0.2, 0) is 6.42 Å². The van der Waals surface area contributed by atoms with Crippen LogP contribution in [0.5, 0.6) is 5.75 Å². The fourth-order valence-corrected chi connectivity index (χ4v) is 2.62. The molecule has 3 rings (SSSR count). The number of benzene rings is 2. The van der Waals surface area contributed by atoms with E-state index in [1.807, 2.05) is 24.3 Å². The highest BCUT2D eigenvalue weighted by atomic mass is 35.5. The van der Waals surface area contributed by atoms with Crippen molar-refractivity contribution in [1.82, 2.24) is 0 Å². The Morgan fingerprint density at radius 3 is 2.84 bits per heavy atom. The molecular weight excluding hydrogens is 265 g/mol. The topological polar surface area (TPSA) is 35.2 Å². The van der Waals surface area contributed by atoms with E-state index >= 15 is 0 Å². The van der Waals surface area contributed by atoms with Gasteiger partial charge < -0.3 is 10.5 Å². The number of hydrogen-bond acceptors (Lipinski definition) is 2. The quantitative estimate of drug-likeness (QED) is 0.912. The normalized spacial score (nSPS) is 18.8. The largest absolute Gasteiger partial charge is 0.488 e. The monoisotopic (exact) mass is 277 g/mol. The van der Waals surface area contributed by atoms with Gasteiger partial charge in [0, 0.05) is 11.4 Å². The molecule has 1 heterocycles. The number of nitrogens with two attached hydrogens (primary N) is 1. The van der Waals surface area contributed by atoms with E-state index in [9.17, 15) is 4.39 Å². The summed E-state index contributed by atoms with van der Waals surface area (Å²) in [5.74, 6) is 0.501. The van der Waals surface area contributed by atoms with Crippen molar-refractivity contribution in [3.8, 4) is 5.75 Å². The Morgan fingerprint density at radius 2 is 2.05 bits per heavy atom. The maximum atomic E-state index is 13.3. The molecule has 2 atom stereocenters. The van der Waals surface area contributed by atoms with Crippen LogP contribution in [0.3, 0.4) is 0 Å². The summed E-state index contributed by atoms with van der Waals surface area (Å²) in [4.78, 5) is 0. The molecule has 1 aliphatic heterocycles. The van der Waals surface area contributed by atoms with E-state index in [1.54, 1.807) is 0 Å². The van der Waals surface area contributed by atoms with Gasteiger partial charge in [-0.1, -0.05) is 29.8 Å². The number of halogens is 2. The minimum Gasteiger partial charge on any atom is -0.488 e. The first-order valence-electron chi connectivity index (χ1n) is 6.10. The van der Waals surface area contributed by atoms with Gasteiger partial charge >= 0.3 is 0 Å². The van der Waals surface area contributed by atoms with Crippen molar-refractivity contribution in [2.24, 2.45) is 5.73 Å². The average Bonchev–Trinajstić information content (AvgIpc) is 2.84. The van der Waals surface area contributed by atoms with Crippen molar-refractivity contribution in [2.75, 3.05) is 0 Å². The highest BCUT2D eigenvalue weighted by Gasteiger charge is 2.30. The SMILES string of the molecule is NC(c1cc(F)ccc1Cl)C1Cc2ccccc2O1. The third kappa shape index (κ3) is 2.31. The summed E-state index contributed by atoms with van der Waals surface area (Å²) in [6.07, 6.45) is 0.501. The van der Waals surface area contributed by atoms with Crippen LogP contribution in [-0.4, -0.2) is 6.10 Å². The van der Waals surface area contributed by atoms with Gasteiger partial charge in [-0.05, 0) is 35.4 Å². The van der Waals surface area contributed by atoms with Crippen LogP contribution in [0.15, 0.2) is 42.5 Å². The third-order valence-corrected chi connectivity index (χ3v) is 3.73. The standard InChI is InChI=1S/C15H13ClFNO/c16-12-6-5-10(17)8-11(12)15(18)14-7-9-3-1-2-4-13(9)19-14/h1-6,8,14-15H,7,18H2. The summed E-state index contributed by atoms with van der Waals surface area (Å²) in [6.45, 7) is 0. The number of hydrogen-bond donors (Lipinski definition) is 1. The summed E-state index contributed by atoms with van der Waals surface area (Å²) in [5.41, 5.74) is 7.88. The number of fused-ring (bicyclic) bond motifs is 1. The van der Waals surface area contributed by atoms with Crippen LogP contribution in [0.2, 0.25) is 5.02 Å². The molecule has 2 N–H and O–H groups in total. The summed E-state index contributed by atoms with van der Waals surface area (Å²) in [6, 6.07) is 11.6. The molecule has 0 aliphatic carbocycles. The van der Waals surface area contributed by atoms with Crippen molar-refractivity contribution < 1.29 is 9.13 Å². The average molecular weight is 278 g/mol. The Labute approximate surface area is 115 Å². The van der Waals surface area contributed by atoms with Crippen molar-refractivity contribution >= 4 is 11.6 Å². The molecule has 0 bridgehead atoms. The summed E-state index contributed by atoms with van der Waals surface area (Å²) in [7, 11) is 0. The Balaban J connectivity index is 1.87. The second-order valence-corrected chi connectivity index (χ2v) is 5.07. The maximum Gasteiger partial charge on any atom is 0.123 e. The third-order valence-electron chi connectivity index (χ3n) is 3.39. The predicted molar refractivity (Wildman–Crippen MR) is 72.9 cm³/mol. The molecule has 0 radical (unpaired) electrons. The van der Waals surface area contributed by atoms with Gasteiger partial charge in [0.25, 0.3) is 0 Å². The van der Waals surface area contributed by atoms with Crippen LogP contribution >= 0.6 is 11.6 Å². The Bertz CT molecular complexity index is 592. The lowest BCUT2D eigenvalue weighted by molar-refractivity contribution is 0.199. The van der Waals surface area contributed by atoms with Gasteiger partial charge in [0.2, 0.25) is 0 Å². The molecule has 4 heteroatoms. The summed E-state index contributed by atoms with van der Waals surface area (Å²) < 4.78 is 19.1. The van der Waals surface area contributed by atoms with Gasteiger partial charge in [0.15, 0.2) is 0 Å². The minimum absolute atomic E-state index is 0.211. The molecule has 2 aromatic rings. The summed E-state index contributed by atoms with van der Waals surface area (Å²) in [5, 5.41) is 0.466. The molecule has 98 valence electrons. The van der Waals surface area contributed by atoms with E-state index < -0.39 is 6.04 Å². The highest BCUT2D eigenvalue weighted by molar-refractivity contribution is 6.31. The van der Waals surface area contributed by atoms with Gasteiger partial charge in [0.1, 0.15) is 17.7 Å². The van der Waals surface area contributed by atoms with Gasteiger partial charge in [-0.25, -0.2) is 4.39 Å². The molecule has 2 aromatic carbocycles. The molecule has 0 amide bonds. The molecule has 0 fully saturated rings. The van der Waals surface area contributed by atoms with E-state index in [2.05, 4.69) is 0 Å². The van der Waals surface area contributed by atoms with Crippen molar-refractivity contribution in [3.63, 3.8) is 0 Å². The van der Waals surface area contributed by atoms with E-state index in [1.165, 1.54) is 18.2 Å². The van der Waals surface area contributed by atoms with Crippen LogP contribution in [0.1, 0.15) is 17.2 Å². The van der Waals surface area contributed by atoms with Crippen molar-refractivity contribution in [2.45, 2.75) is 18.6 Å². The first kappa shape index (κ1) is 12.5. The fourth-order valence-electron chi connectivity index (χ4n) is 2.38. The maximum absolute atomic E-state index is 13.3. The van der Waals surface area contributed by atoms with Crippen LogP contribution in [0.4, 0.5) is 4.39 Å². The summed E-state index contributed by atoms with van der Waals surface area (Å²) >= 11 is 6.08. The van der Waals surface area contributed by atoms with E-state index in [4.69, 9.17) is 22.1 Å². The zero-order valence-corrected chi connectivity index (χ0v) is 10.9. The van der Waals surface area contributed by atoms with Gasteiger partial charge in [0.05, 0.1) is 6.04 Å². The van der Waals surface area contributed by atoms with Crippen molar-refractivity contribution in [1.29, 1.82) is 0 Å². The van der Waals surface area contributed by atoms with Gasteiger partial charge in [-0.3, -0.25) is 0 Å². The zero-order valence-electron chi connectivity index (χ0n) is 10.1. The number of ether oxygens (including phenoxy) is 1. The fraction of sp³-hybridized carbons (Fsp3) is 0.200. The Hall–Kier alpha value is -1.58. The van der Waals surface area contributed by atoms with Gasteiger partial charge in [-0.15, -0.1) is 0 Å². The predicted octanol–water partition coefficient (Wildman–Crippen LogP) is 3.48. The number of rotatable bonds is 2. The minimum atomic E-state index is -0.449. The molecule has 0 aromatic heterocycles. The number of para-hydroxylation sites is 1. The van der Waals surface area contributed by atoms with E-state index in [0.717, 1.165) is 11.3 Å². The zero-order chi connectivity index (χ0) is 13.4. The molecule has 0 saturated carbocycles. The smallest absolute Gasteiger partial charge is 0.123 e. The molecule has 2 unspecified atom stereocenters. The van der Waals surface area contributed by atoms with Gasteiger partial charge in [-0.2, -0.15) is 0 Å². The highest BCUT2D eigenvalue weighted by Crippen LogP contribution is 2.35. The molecule has 0 spiro atoms. The molecule has 19 heavy (non-hydrogen) atoms. The lowest BCUT2D eigenvalue weighted by atomic mass is 9.98. The van der Waals surface area contributed by atoms with Crippen LogP contribution in [0.25, 0.3) is 0 Å². The molecule has 2 nitrogen and oxygen atoms in total.